The van der Waals surface area contributed by atoms with Crippen molar-refractivity contribution >= 4 is 5.97 Å². The number of carbonyl (C=O) groups is 1. The van der Waals surface area contributed by atoms with Crippen LogP contribution in [0.2, 0.25) is 0 Å². The van der Waals surface area contributed by atoms with Crippen molar-refractivity contribution in [2.24, 2.45) is 5.92 Å². The van der Waals surface area contributed by atoms with E-state index < -0.39 is 12.0 Å². The van der Waals surface area contributed by atoms with Crippen molar-refractivity contribution in [2.45, 2.75) is 26.4 Å². The number of H-pyrrole nitrogens is 1. The maximum absolute atomic E-state index is 11.1. The number of nitrogens with zero attached hydrogens (tertiary/aromatic N) is 1. The van der Waals surface area contributed by atoms with Gasteiger partial charge < -0.3 is 10.4 Å². The maximum atomic E-state index is 11.1. The fourth-order valence-electron chi connectivity index (χ4n) is 2.11. The molecule has 20 heavy (non-hydrogen) atoms. The van der Waals surface area contributed by atoms with Gasteiger partial charge in [-0.25, -0.2) is 0 Å². The van der Waals surface area contributed by atoms with E-state index in [0.29, 0.717) is 6.54 Å². The maximum Gasteiger partial charge on any atom is 0.320 e. The van der Waals surface area contributed by atoms with Gasteiger partial charge in [0.05, 0.1) is 6.20 Å². The molecular formula is C15H19N3O2. The summed E-state index contributed by atoms with van der Waals surface area (Å²) < 4.78 is 0. The number of nitrogens with one attached hydrogen (secondary N) is 2. The van der Waals surface area contributed by atoms with E-state index in [1.165, 1.54) is 0 Å². The molecule has 1 heterocycles. The molecule has 3 N–H and O–H groups in total. The van der Waals surface area contributed by atoms with Gasteiger partial charge in [0, 0.05) is 18.3 Å². The van der Waals surface area contributed by atoms with E-state index in [-0.39, 0.29) is 5.92 Å². The molecule has 1 unspecified atom stereocenters. The number of aliphatic carboxylic acids is 1. The van der Waals surface area contributed by atoms with Crippen LogP contribution in [-0.4, -0.2) is 27.3 Å². The van der Waals surface area contributed by atoms with E-state index in [2.05, 4.69) is 15.5 Å². The quantitative estimate of drug-likeness (QED) is 0.754. The number of rotatable bonds is 6. The molecule has 1 atom stereocenters. The van der Waals surface area contributed by atoms with E-state index in [1.807, 2.05) is 44.3 Å². The summed E-state index contributed by atoms with van der Waals surface area (Å²) in [4.78, 5) is 11.1. The Kier molecular flexibility index (Phi) is 4.53. The van der Waals surface area contributed by atoms with Gasteiger partial charge in [-0.15, -0.1) is 0 Å². The van der Waals surface area contributed by atoms with Gasteiger partial charge in [-0.3, -0.25) is 9.89 Å². The molecule has 0 aliphatic heterocycles. The second-order valence-electron chi connectivity index (χ2n) is 5.13. The smallest absolute Gasteiger partial charge is 0.320 e. The van der Waals surface area contributed by atoms with E-state index in [9.17, 15) is 4.79 Å². The highest BCUT2D eigenvalue weighted by Gasteiger charge is 2.20. The molecule has 0 amide bonds. The van der Waals surface area contributed by atoms with Gasteiger partial charge >= 0.3 is 5.97 Å². The lowest BCUT2D eigenvalue weighted by Crippen LogP contribution is -2.40. The van der Waals surface area contributed by atoms with Crippen molar-refractivity contribution in [3.63, 3.8) is 0 Å². The van der Waals surface area contributed by atoms with Crippen molar-refractivity contribution in [1.82, 2.24) is 15.5 Å². The third-order valence-corrected chi connectivity index (χ3v) is 3.22. The number of aromatic amines is 1. The highest BCUT2D eigenvalue weighted by Crippen LogP contribution is 2.18. The number of carboxylic acids is 1. The summed E-state index contributed by atoms with van der Waals surface area (Å²) in [5.41, 5.74) is 3.13. The molecule has 0 fully saturated rings. The molecule has 106 valence electrons. The predicted molar refractivity (Wildman–Crippen MR) is 77.1 cm³/mol. The van der Waals surface area contributed by atoms with Crippen molar-refractivity contribution in [1.29, 1.82) is 0 Å². The number of carboxylic acid groups (broad SMARTS) is 1. The Morgan fingerprint density at radius 1 is 1.40 bits per heavy atom. The zero-order chi connectivity index (χ0) is 14.5. The summed E-state index contributed by atoms with van der Waals surface area (Å²) in [6, 6.07) is 7.45. The monoisotopic (exact) mass is 273 g/mol. The zero-order valence-electron chi connectivity index (χ0n) is 11.6. The van der Waals surface area contributed by atoms with Crippen LogP contribution in [-0.2, 0) is 11.3 Å². The van der Waals surface area contributed by atoms with E-state index in [4.69, 9.17) is 5.11 Å². The molecule has 2 aromatic rings. The summed E-state index contributed by atoms with van der Waals surface area (Å²) in [6.07, 6.45) is 3.60. The summed E-state index contributed by atoms with van der Waals surface area (Å²) >= 11 is 0. The van der Waals surface area contributed by atoms with Crippen molar-refractivity contribution in [3.8, 4) is 11.1 Å². The number of hydrogen-bond acceptors (Lipinski definition) is 3. The van der Waals surface area contributed by atoms with Crippen molar-refractivity contribution in [3.05, 3.63) is 42.2 Å². The standard InChI is InChI=1S/C15H19N3O2/c1-10(2)14(15(19)20)16-7-11-4-3-5-12(6-11)13-8-17-18-9-13/h3-6,8-10,14,16H,7H2,1-2H3,(H,17,18)(H,19,20). The van der Waals surface area contributed by atoms with Crippen LogP contribution >= 0.6 is 0 Å². The predicted octanol–water partition coefficient (Wildman–Crippen LogP) is 2.28. The average Bonchev–Trinajstić information content (AvgIpc) is 2.92. The fraction of sp³-hybridized carbons (Fsp3) is 0.333. The van der Waals surface area contributed by atoms with Crippen LogP contribution in [0.25, 0.3) is 11.1 Å². The summed E-state index contributed by atoms with van der Waals surface area (Å²) in [7, 11) is 0. The van der Waals surface area contributed by atoms with Crippen LogP contribution in [0.3, 0.4) is 0 Å². The first-order valence-electron chi connectivity index (χ1n) is 6.62. The van der Waals surface area contributed by atoms with E-state index in [0.717, 1.165) is 16.7 Å². The third-order valence-electron chi connectivity index (χ3n) is 3.22. The van der Waals surface area contributed by atoms with Gasteiger partial charge in [0.1, 0.15) is 6.04 Å². The minimum Gasteiger partial charge on any atom is -0.480 e. The molecule has 0 radical (unpaired) electrons. The van der Waals surface area contributed by atoms with Gasteiger partial charge in [-0.2, -0.15) is 5.10 Å². The van der Waals surface area contributed by atoms with Crippen molar-refractivity contribution < 1.29 is 9.90 Å². The molecule has 1 aromatic carbocycles. The Bertz CT molecular complexity index is 564. The Hall–Kier alpha value is -2.14. The molecule has 0 bridgehead atoms. The largest absolute Gasteiger partial charge is 0.480 e. The molecule has 0 saturated heterocycles. The Balaban J connectivity index is 2.07. The second kappa shape index (κ2) is 6.34. The Labute approximate surface area is 118 Å². The van der Waals surface area contributed by atoms with Crippen LogP contribution < -0.4 is 5.32 Å². The molecule has 5 heteroatoms. The minimum absolute atomic E-state index is 0.0459. The summed E-state index contributed by atoms with van der Waals surface area (Å²) in [6.45, 7) is 4.32. The molecule has 2 rings (SSSR count). The first kappa shape index (κ1) is 14.3. The lowest BCUT2D eigenvalue weighted by atomic mass is 10.0. The molecule has 0 aliphatic carbocycles. The molecule has 0 spiro atoms. The van der Waals surface area contributed by atoms with Gasteiger partial charge in [0.25, 0.3) is 0 Å². The first-order chi connectivity index (χ1) is 9.58. The average molecular weight is 273 g/mol. The van der Waals surface area contributed by atoms with Crippen LogP contribution in [0.1, 0.15) is 19.4 Å². The summed E-state index contributed by atoms with van der Waals surface area (Å²) in [5.74, 6) is -0.768. The number of hydrogen-bond donors (Lipinski definition) is 3. The second-order valence-corrected chi connectivity index (χ2v) is 5.13. The van der Waals surface area contributed by atoms with Crippen LogP contribution in [0.4, 0.5) is 0 Å². The molecule has 0 saturated carbocycles. The lowest BCUT2D eigenvalue weighted by Gasteiger charge is -2.18. The van der Waals surface area contributed by atoms with Gasteiger partial charge in [0.15, 0.2) is 0 Å². The van der Waals surface area contributed by atoms with Crippen LogP contribution in [0, 0.1) is 5.92 Å². The Morgan fingerprint density at radius 3 is 2.80 bits per heavy atom. The van der Waals surface area contributed by atoms with Gasteiger partial charge in [0.2, 0.25) is 0 Å². The zero-order valence-corrected chi connectivity index (χ0v) is 11.6. The minimum atomic E-state index is -0.814. The van der Waals surface area contributed by atoms with Crippen LogP contribution in [0.5, 0.6) is 0 Å². The van der Waals surface area contributed by atoms with Gasteiger partial charge in [-0.05, 0) is 23.1 Å². The topological polar surface area (TPSA) is 78.0 Å². The lowest BCUT2D eigenvalue weighted by molar-refractivity contribution is -0.140. The summed E-state index contributed by atoms with van der Waals surface area (Å²) in [5, 5.41) is 19.0. The third kappa shape index (κ3) is 3.45. The Morgan fingerprint density at radius 2 is 2.20 bits per heavy atom. The van der Waals surface area contributed by atoms with Crippen LogP contribution in [0.15, 0.2) is 36.7 Å². The first-order valence-corrected chi connectivity index (χ1v) is 6.62. The normalized spacial score (nSPS) is 12.6. The highest BCUT2D eigenvalue weighted by molar-refractivity contribution is 5.73. The number of aromatic nitrogens is 2. The van der Waals surface area contributed by atoms with E-state index in [1.54, 1.807) is 6.20 Å². The molecule has 1 aromatic heterocycles. The van der Waals surface area contributed by atoms with Gasteiger partial charge in [-0.1, -0.05) is 32.0 Å². The SMILES string of the molecule is CC(C)C(NCc1cccc(-c2cn[nH]c2)c1)C(=O)O. The molecular weight excluding hydrogens is 254 g/mol. The molecule has 5 nitrogen and oxygen atoms in total. The molecule has 0 aliphatic rings. The fourth-order valence-corrected chi connectivity index (χ4v) is 2.11. The highest BCUT2D eigenvalue weighted by atomic mass is 16.4. The van der Waals surface area contributed by atoms with E-state index >= 15 is 0 Å². The number of benzene rings is 1. The van der Waals surface area contributed by atoms with Crippen molar-refractivity contribution in [2.75, 3.05) is 0 Å².